The molecule has 0 aromatic carbocycles. The van der Waals surface area contributed by atoms with E-state index < -0.39 is 0 Å². The van der Waals surface area contributed by atoms with Crippen LogP contribution in [0.15, 0.2) is 12.5 Å². The van der Waals surface area contributed by atoms with Gasteiger partial charge in [-0.25, -0.2) is 4.98 Å². The van der Waals surface area contributed by atoms with Crippen molar-refractivity contribution in [2.24, 2.45) is 0 Å². The van der Waals surface area contributed by atoms with E-state index in [-0.39, 0.29) is 18.6 Å². The molecular formula is C12H16N8O2S. The molecule has 23 heavy (non-hydrogen) atoms. The monoisotopic (exact) mass is 336 g/mol. The SMILES string of the molecule is COCC(=O)Nc1nnc(N[C@@H]2CCN(c3cncnn3)C2)s1. The van der Waals surface area contributed by atoms with Crippen molar-refractivity contribution in [1.29, 1.82) is 0 Å². The highest BCUT2D eigenvalue weighted by Gasteiger charge is 2.24. The minimum absolute atomic E-state index is 0.00786. The zero-order valence-corrected chi connectivity index (χ0v) is 13.3. The van der Waals surface area contributed by atoms with Crippen LogP contribution in [0, 0.1) is 0 Å². The summed E-state index contributed by atoms with van der Waals surface area (Å²) in [5.74, 6) is 0.513. The molecule has 0 saturated carbocycles. The molecule has 1 saturated heterocycles. The summed E-state index contributed by atoms with van der Waals surface area (Å²) >= 11 is 1.29. The molecule has 2 N–H and O–H groups in total. The first-order chi connectivity index (χ1) is 11.2. The number of amides is 1. The smallest absolute Gasteiger partial charge is 0.252 e. The number of carbonyl (C=O) groups excluding carboxylic acids is 1. The van der Waals surface area contributed by atoms with Crippen LogP contribution in [0.25, 0.3) is 0 Å². The highest BCUT2D eigenvalue weighted by molar-refractivity contribution is 7.19. The summed E-state index contributed by atoms with van der Waals surface area (Å²) in [5.41, 5.74) is 0. The molecular weight excluding hydrogens is 320 g/mol. The molecule has 2 aromatic heterocycles. The highest BCUT2D eigenvalue weighted by Crippen LogP contribution is 2.24. The molecule has 0 aliphatic carbocycles. The summed E-state index contributed by atoms with van der Waals surface area (Å²) in [6.07, 6.45) is 4.06. The van der Waals surface area contributed by atoms with Gasteiger partial charge in [-0.15, -0.1) is 20.4 Å². The maximum atomic E-state index is 11.4. The Morgan fingerprint density at radius 3 is 3.09 bits per heavy atom. The number of carbonyl (C=O) groups is 1. The van der Waals surface area contributed by atoms with E-state index in [2.05, 4.69) is 40.9 Å². The predicted octanol–water partition coefficient (Wildman–Crippen LogP) is -0.00120. The molecule has 2 aromatic rings. The first kappa shape index (κ1) is 15.5. The molecule has 1 atom stereocenters. The van der Waals surface area contributed by atoms with Crippen LogP contribution in [0.3, 0.4) is 0 Å². The second-order valence-corrected chi connectivity index (χ2v) is 5.91. The first-order valence-electron chi connectivity index (χ1n) is 7.01. The van der Waals surface area contributed by atoms with Crippen molar-refractivity contribution in [2.75, 3.05) is 42.3 Å². The average Bonchev–Trinajstić information content (AvgIpc) is 3.19. The number of hydrogen-bond donors (Lipinski definition) is 2. The van der Waals surface area contributed by atoms with Crippen LogP contribution in [0.5, 0.6) is 0 Å². The van der Waals surface area contributed by atoms with E-state index in [9.17, 15) is 4.79 Å². The normalized spacial score (nSPS) is 17.3. The number of aromatic nitrogens is 5. The minimum Gasteiger partial charge on any atom is -0.375 e. The molecule has 0 unspecified atom stereocenters. The Kier molecular flexibility index (Phi) is 4.88. The lowest BCUT2D eigenvalue weighted by atomic mass is 10.3. The van der Waals surface area contributed by atoms with Crippen LogP contribution < -0.4 is 15.5 Å². The van der Waals surface area contributed by atoms with Gasteiger partial charge in [0.2, 0.25) is 10.3 Å². The van der Waals surface area contributed by atoms with Gasteiger partial charge >= 0.3 is 0 Å². The Labute approximate surface area is 136 Å². The summed E-state index contributed by atoms with van der Waals surface area (Å²) < 4.78 is 4.75. The molecule has 0 radical (unpaired) electrons. The standard InChI is InChI=1S/C12H16N8O2S/c1-22-6-10(21)16-12-19-18-11(23-12)15-8-2-3-20(5-8)9-4-13-7-14-17-9/h4,7-8H,2-3,5-6H2,1H3,(H,15,18)(H,16,19,21)/t8-/m1/s1. The van der Waals surface area contributed by atoms with E-state index in [0.29, 0.717) is 10.3 Å². The van der Waals surface area contributed by atoms with E-state index >= 15 is 0 Å². The molecule has 1 aliphatic heterocycles. The van der Waals surface area contributed by atoms with Gasteiger partial charge in [0.1, 0.15) is 12.9 Å². The Balaban J connectivity index is 1.53. The summed E-state index contributed by atoms with van der Waals surface area (Å²) in [6.45, 7) is 1.64. The second-order valence-electron chi connectivity index (χ2n) is 4.94. The maximum Gasteiger partial charge on any atom is 0.252 e. The summed E-state index contributed by atoms with van der Waals surface area (Å²) in [6, 6.07) is 0.229. The number of ether oxygens (including phenoxy) is 1. The van der Waals surface area contributed by atoms with Gasteiger partial charge in [0.05, 0.1) is 6.20 Å². The molecule has 11 heteroatoms. The maximum absolute atomic E-state index is 11.4. The topological polar surface area (TPSA) is 118 Å². The molecule has 10 nitrogen and oxygen atoms in total. The van der Waals surface area contributed by atoms with Crippen LogP contribution in [0.4, 0.5) is 16.1 Å². The van der Waals surface area contributed by atoms with Gasteiger partial charge in [0.25, 0.3) is 5.91 Å². The summed E-state index contributed by atoms with van der Waals surface area (Å²) in [7, 11) is 1.46. The third-order valence-corrected chi connectivity index (χ3v) is 4.03. The first-order valence-corrected chi connectivity index (χ1v) is 7.82. The Bertz CT molecular complexity index is 652. The van der Waals surface area contributed by atoms with E-state index in [4.69, 9.17) is 4.74 Å². The van der Waals surface area contributed by atoms with Crippen LogP contribution >= 0.6 is 11.3 Å². The van der Waals surface area contributed by atoms with Gasteiger partial charge < -0.3 is 15.0 Å². The van der Waals surface area contributed by atoms with Crippen molar-refractivity contribution in [3.05, 3.63) is 12.5 Å². The van der Waals surface area contributed by atoms with Gasteiger partial charge in [-0.2, -0.15) is 0 Å². The molecule has 3 rings (SSSR count). The fourth-order valence-electron chi connectivity index (χ4n) is 2.26. The highest BCUT2D eigenvalue weighted by atomic mass is 32.1. The van der Waals surface area contributed by atoms with Crippen molar-refractivity contribution < 1.29 is 9.53 Å². The molecule has 0 spiro atoms. The second kappa shape index (κ2) is 7.24. The molecule has 1 amide bonds. The number of hydrogen-bond acceptors (Lipinski definition) is 10. The Hall–Kier alpha value is -2.40. The van der Waals surface area contributed by atoms with E-state index in [1.165, 1.54) is 24.8 Å². The lowest BCUT2D eigenvalue weighted by molar-refractivity contribution is -0.119. The fraction of sp³-hybridized carbons (Fsp3) is 0.500. The number of anilines is 3. The molecule has 0 bridgehead atoms. The lowest BCUT2D eigenvalue weighted by Crippen LogP contribution is -2.26. The van der Waals surface area contributed by atoms with E-state index in [0.717, 1.165) is 25.3 Å². The third-order valence-electron chi connectivity index (χ3n) is 3.26. The quantitative estimate of drug-likeness (QED) is 0.751. The summed E-state index contributed by atoms with van der Waals surface area (Å²) in [4.78, 5) is 17.5. The Morgan fingerprint density at radius 2 is 2.30 bits per heavy atom. The van der Waals surface area contributed by atoms with Crippen molar-refractivity contribution in [3.63, 3.8) is 0 Å². The third kappa shape index (κ3) is 4.07. The van der Waals surface area contributed by atoms with Gasteiger partial charge in [-0.1, -0.05) is 11.3 Å². The minimum atomic E-state index is -0.252. The van der Waals surface area contributed by atoms with Gasteiger partial charge in [0, 0.05) is 26.2 Å². The lowest BCUT2D eigenvalue weighted by Gasteiger charge is -2.16. The number of methoxy groups -OCH3 is 1. The van der Waals surface area contributed by atoms with E-state index in [1.807, 2.05) is 0 Å². The van der Waals surface area contributed by atoms with Crippen molar-refractivity contribution in [2.45, 2.75) is 12.5 Å². The Morgan fingerprint density at radius 1 is 1.43 bits per heavy atom. The van der Waals surface area contributed by atoms with Crippen LogP contribution in [0.2, 0.25) is 0 Å². The van der Waals surface area contributed by atoms with Crippen molar-refractivity contribution in [1.82, 2.24) is 25.4 Å². The number of rotatable bonds is 6. The number of nitrogens with one attached hydrogen (secondary N) is 2. The van der Waals surface area contributed by atoms with E-state index in [1.54, 1.807) is 6.20 Å². The van der Waals surface area contributed by atoms with Crippen LogP contribution in [-0.2, 0) is 9.53 Å². The van der Waals surface area contributed by atoms with Crippen LogP contribution in [0.1, 0.15) is 6.42 Å². The fourth-order valence-corrected chi connectivity index (χ4v) is 3.00. The largest absolute Gasteiger partial charge is 0.375 e. The zero-order chi connectivity index (χ0) is 16.1. The number of nitrogens with zero attached hydrogens (tertiary/aromatic N) is 6. The van der Waals surface area contributed by atoms with Gasteiger partial charge in [-0.3, -0.25) is 10.1 Å². The molecule has 122 valence electrons. The van der Waals surface area contributed by atoms with Crippen molar-refractivity contribution in [3.8, 4) is 0 Å². The van der Waals surface area contributed by atoms with Crippen molar-refractivity contribution >= 4 is 33.3 Å². The molecule has 3 heterocycles. The predicted molar refractivity (Wildman–Crippen MR) is 84.5 cm³/mol. The molecule has 1 fully saturated rings. The molecule has 1 aliphatic rings. The van der Waals surface area contributed by atoms with Crippen LogP contribution in [-0.4, -0.2) is 64.1 Å². The average molecular weight is 336 g/mol. The van der Waals surface area contributed by atoms with Gasteiger partial charge in [-0.05, 0) is 6.42 Å². The van der Waals surface area contributed by atoms with Gasteiger partial charge in [0.15, 0.2) is 5.82 Å². The zero-order valence-electron chi connectivity index (χ0n) is 12.5. The summed E-state index contributed by atoms with van der Waals surface area (Å²) in [5, 5.41) is 22.9.